The molecule has 1 aliphatic rings. The van der Waals surface area contributed by atoms with E-state index >= 15 is 0 Å². The molecule has 0 heterocycles. The summed E-state index contributed by atoms with van der Waals surface area (Å²) in [5, 5.41) is 6.28. The van der Waals surface area contributed by atoms with Crippen LogP contribution in [0.5, 0.6) is 0 Å². The second-order valence-corrected chi connectivity index (χ2v) is 6.51. The van der Waals surface area contributed by atoms with Gasteiger partial charge in [0.15, 0.2) is 0 Å². The van der Waals surface area contributed by atoms with E-state index in [0.29, 0.717) is 12.0 Å². The predicted octanol–water partition coefficient (Wildman–Crippen LogP) is 3.73. The van der Waals surface area contributed by atoms with E-state index in [1.54, 1.807) is 0 Å². The fourth-order valence-electron chi connectivity index (χ4n) is 2.95. The number of anilines is 1. The molecule has 114 valence electrons. The van der Waals surface area contributed by atoms with Crippen LogP contribution in [0.2, 0.25) is 0 Å². The highest BCUT2D eigenvalue weighted by atomic mass is 32.1. The van der Waals surface area contributed by atoms with Gasteiger partial charge in [-0.3, -0.25) is 4.79 Å². The number of hydrogen-bond donors (Lipinski definition) is 2. The molecule has 0 bridgehead atoms. The minimum Gasteiger partial charge on any atom is -0.373 e. The van der Waals surface area contributed by atoms with Gasteiger partial charge in [0, 0.05) is 24.2 Å². The van der Waals surface area contributed by atoms with Crippen molar-refractivity contribution in [3.8, 4) is 0 Å². The van der Waals surface area contributed by atoms with Crippen LogP contribution in [0.4, 0.5) is 5.69 Å². The molecule has 3 unspecified atom stereocenters. The number of thiocarbonyl (C=S) groups is 1. The maximum atomic E-state index is 11.0. The van der Waals surface area contributed by atoms with E-state index in [1.807, 2.05) is 24.3 Å². The zero-order valence-electron chi connectivity index (χ0n) is 13.0. The van der Waals surface area contributed by atoms with Crippen molar-refractivity contribution in [3.05, 3.63) is 29.8 Å². The first-order valence-corrected chi connectivity index (χ1v) is 8.06. The van der Waals surface area contributed by atoms with Crippen molar-refractivity contribution in [1.82, 2.24) is 5.32 Å². The maximum Gasteiger partial charge on any atom is 0.221 e. The van der Waals surface area contributed by atoms with Crippen molar-refractivity contribution in [1.29, 1.82) is 0 Å². The summed E-state index contributed by atoms with van der Waals surface area (Å²) in [6.07, 6.45) is 3.78. The molecule has 4 heteroatoms. The number of carbonyl (C=O) groups is 1. The summed E-state index contributed by atoms with van der Waals surface area (Å²) in [7, 11) is 0. The van der Waals surface area contributed by atoms with Crippen molar-refractivity contribution in [2.45, 2.75) is 46.1 Å². The van der Waals surface area contributed by atoms with Crippen LogP contribution in [0.3, 0.4) is 0 Å². The van der Waals surface area contributed by atoms with Crippen LogP contribution in [-0.4, -0.2) is 16.9 Å². The van der Waals surface area contributed by atoms with E-state index in [-0.39, 0.29) is 5.91 Å². The Morgan fingerprint density at radius 2 is 1.86 bits per heavy atom. The van der Waals surface area contributed by atoms with Gasteiger partial charge < -0.3 is 10.6 Å². The number of carbonyl (C=O) groups excluding carboxylic acids is 1. The summed E-state index contributed by atoms with van der Waals surface area (Å²) in [6, 6.07) is 8.15. The minimum absolute atomic E-state index is 0.0616. The summed E-state index contributed by atoms with van der Waals surface area (Å²) in [5.74, 6) is 1.34. The first kappa shape index (κ1) is 16.0. The van der Waals surface area contributed by atoms with Crippen molar-refractivity contribution in [2.24, 2.45) is 11.8 Å². The van der Waals surface area contributed by atoms with E-state index in [2.05, 4.69) is 24.5 Å². The smallest absolute Gasteiger partial charge is 0.221 e. The van der Waals surface area contributed by atoms with Gasteiger partial charge in [-0.05, 0) is 42.5 Å². The fourth-order valence-corrected chi connectivity index (χ4v) is 3.23. The van der Waals surface area contributed by atoms with Crippen LogP contribution >= 0.6 is 12.2 Å². The van der Waals surface area contributed by atoms with Crippen LogP contribution in [0.15, 0.2) is 24.3 Å². The normalized spacial score (nSPS) is 25.2. The van der Waals surface area contributed by atoms with Crippen molar-refractivity contribution in [2.75, 3.05) is 5.32 Å². The van der Waals surface area contributed by atoms with Gasteiger partial charge >= 0.3 is 0 Å². The Hall–Kier alpha value is -1.42. The third-order valence-electron chi connectivity index (χ3n) is 4.49. The van der Waals surface area contributed by atoms with Gasteiger partial charge in [-0.15, -0.1) is 0 Å². The molecule has 1 fully saturated rings. The molecular weight excluding hydrogens is 280 g/mol. The molecule has 21 heavy (non-hydrogen) atoms. The first-order chi connectivity index (χ1) is 9.97. The molecule has 1 aromatic carbocycles. The lowest BCUT2D eigenvalue weighted by atomic mass is 9.78. The van der Waals surface area contributed by atoms with Crippen molar-refractivity contribution in [3.63, 3.8) is 0 Å². The van der Waals surface area contributed by atoms with Crippen LogP contribution in [-0.2, 0) is 4.79 Å². The summed E-state index contributed by atoms with van der Waals surface area (Å²) >= 11 is 5.53. The van der Waals surface area contributed by atoms with E-state index in [4.69, 9.17) is 12.2 Å². The van der Waals surface area contributed by atoms with Crippen LogP contribution < -0.4 is 10.6 Å². The predicted molar refractivity (Wildman–Crippen MR) is 91.5 cm³/mol. The van der Waals surface area contributed by atoms with Crippen LogP contribution in [0, 0.1) is 11.8 Å². The fraction of sp³-hybridized carbons (Fsp3) is 0.529. The average Bonchev–Trinajstić information content (AvgIpc) is 2.44. The lowest BCUT2D eigenvalue weighted by Crippen LogP contribution is -2.43. The zero-order chi connectivity index (χ0) is 15.4. The molecule has 0 radical (unpaired) electrons. The Morgan fingerprint density at radius 1 is 1.19 bits per heavy atom. The second-order valence-electron chi connectivity index (χ2n) is 6.11. The average molecular weight is 304 g/mol. The van der Waals surface area contributed by atoms with Gasteiger partial charge in [0.1, 0.15) is 4.99 Å². The molecule has 1 saturated carbocycles. The standard InChI is InChI=1S/C17H24N2OS/c1-11-5-4-6-16(12(11)2)19-17(21)14-7-9-15(10-8-14)18-13(3)20/h7-12,16H,4-6H2,1-3H3,(H,18,20)(H,19,21). The highest BCUT2D eigenvalue weighted by molar-refractivity contribution is 7.80. The van der Waals surface area contributed by atoms with E-state index in [1.165, 1.54) is 26.2 Å². The molecule has 0 aromatic heterocycles. The van der Waals surface area contributed by atoms with Gasteiger partial charge in [-0.2, -0.15) is 0 Å². The van der Waals surface area contributed by atoms with Gasteiger partial charge in [-0.25, -0.2) is 0 Å². The lowest BCUT2D eigenvalue weighted by Gasteiger charge is -2.35. The van der Waals surface area contributed by atoms with Gasteiger partial charge in [0.2, 0.25) is 5.91 Å². The van der Waals surface area contributed by atoms with Gasteiger partial charge in [0.05, 0.1) is 0 Å². The third kappa shape index (κ3) is 4.27. The third-order valence-corrected chi connectivity index (χ3v) is 4.84. The van der Waals surface area contributed by atoms with Gasteiger partial charge in [0.25, 0.3) is 0 Å². The lowest BCUT2D eigenvalue weighted by molar-refractivity contribution is -0.114. The summed E-state index contributed by atoms with van der Waals surface area (Å²) in [5.41, 5.74) is 1.80. The Balaban J connectivity index is 1.98. The number of amides is 1. The van der Waals surface area contributed by atoms with Gasteiger partial charge in [-0.1, -0.05) is 38.9 Å². The van der Waals surface area contributed by atoms with Crippen molar-refractivity contribution >= 4 is 28.8 Å². The maximum absolute atomic E-state index is 11.0. The van der Waals surface area contributed by atoms with E-state index in [0.717, 1.165) is 22.2 Å². The Labute approximate surface area is 132 Å². The topological polar surface area (TPSA) is 41.1 Å². The number of hydrogen-bond acceptors (Lipinski definition) is 2. The molecule has 0 saturated heterocycles. The van der Waals surface area contributed by atoms with Crippen molar-refractivity contribution < 1.29 is 4.79 Å². The van der Waals surface area contributed by atoms with E-state index < -0.39 is 0 Å². The molecule has 1 aliphatic carbocycles. The number of rotatable bonds is 3. The summed E-state index contributed by atoms with van der Waals surface area (Å²) < 4.78 is 0. The molecule has 1 amide bonds. The first-order valence-electron chi connectivity index (χ1n) is 7.66. The molecular formula is C17H24N2OS. The zero-order valence-corrected chi connectivity index (χ0v) is 13.8. The molecule has 3 nitrogen and oxygen atoms in total. The molecule has 2 rings (SSSR count). The Bertz CT molecular complexity index is 512. The Morgan fingerprint density at radius 3 is 2.48 bits per heavy atom. The monoisotopic (exact) mass is 304 g/mol. The largest absolute Gasteiger partial charge is 0.373 e. The SMILES string of the molecule is CC(=O)Nc1ccc(C(=S)NC2CCCC(C)C2C)cc1. The highest BCUT2D eigenvalue weighted by Gasteiger charge is 2.27. The van der Waals surface area contributed by atoms with Crippen LogP contribution in [0.25, 0.3) is 0 Å². The molecule has 3 atom stereocenters. The summed E-state index contributed by atoms with van der Waals surface area (Å²) in [6.45, 7) is 6.14. The molecule has 0 spiro atoms. The highest BCUT2D eigenvalue weighted by Crippen LogP contribution is 2.29. The second kappa shape index (κ2) is 7.03. The number of nitrogens with one attached hydrogen (secondary N) is 2. The molecule has 1 aromatic rings. The van der Waals surface area contributed by atoms with Crippen LogP contribution in [0.1, 0.15) is 45.6 Å². The number of benzene rings is 1. The quantitative estimate of drug-likeness (QED) is 0.836. The molecule has 0 aliphatic heterocycles. The van der Waals surface area contributed by atoms with E-state index in [9.17, 15) is 4.79 Å². The molecule has 2 N–H and O–H groups in total. The summed E-state index contributed by atoms with van der Waals surface area (Å²) in [4.78, 5) is 11.8. The Kier molecular flexibility index (Phi) is 5.34. The minimum atomic E-state index is -0.0616.